The lowest BCUT2D eigenvalue weighted by Gasteiger charge is -2.37. The fourth-order valence-electron chi connectivity index (χ4n) is 3.80. The van der Waals surface area contributed by atoms with Gasteiger partial charge in [0.15, 0.2) is 0 Å². The third-order valence-corrected chi connectivity index (χ3v) is 5.80. The highest BCUT2D eigenvalue weighted by molar-refractivity contribution is 7.16. The average Bonchev–Trinajstić information content (AvgIpc) is 3.13. The number of imide groups is 1. The quantitative estimate of drug-likeness (QED) is 0.279. The standard InChI is InChI=1S/C15H13N3O4S/c19-14-12-8-1-2-9(4-3-8)13(12)15(20)17(14)16-7-10-5-6-11(23-10)18(21)22/h1-2,5-9,12-13H,3-4H2/b16-7-/t8-,9-,12-,13-/m0/s1. The minimum absolute atomic E-state index is 0.00133. The van der Waals surface area contributed by atoms with Gasteiger partial charge in [-0.15, -0.1) is 0 Å². The number of carbonyl (C=O) groups excluding carboxylic acids is 2. The lowest BCUT2D eigenvalue weighted by atomic mass is 9.63. The molecule has 0 radical (unpaired) electrons. The van der Waals surface area contributed by atoms with Gasteiger partial charge in [0.1, 0.15) is 0 Å². The maximum atomic E-state index is 12.5. The Morgan fingerprint density at radius 2 is 1.78 bits per heavy atom. The van der Waals surface area contributed by atoms with Gasteiger partial charge in [0.2, 0.25) is 0 Å². The molecule has 5 rings (SSSR count). The molecule has 4 atom stereocenters. The molecular weight excluding hydrogens is 318 g/mol. The zero-order chi connectivity index (χ0) is 16.1. The Labute approximate surface area is 135 Å². The van der Waals surface area contributed by atoms with Gasteiger partial charge in [-0.3, -0.25) is 19.7 Å². The highest BCUT2D eigenvalue weighted by atomic mass is 32.1. The van der Waals surface area contributed by atoms with Crippen LogP contribution in [0.1, 0.15) is 17.7 Å². The van der Waals surface area contributed by atoms with Crippen molar-refractivity contribution in [2.24, 2.45) is 28.8 Å². The van der Waals surface area contributed by atoms with Gasteiger partial charge in [-0.25, -0.2) is 0 Å². The van der Waals surface area contributed by atoms with Gasteiger partial charge in [-0.05, 0) is 30.7 Å². The Hall–Kier alpha value is -2.35. The Morgan fingerprint density at radius 3 is 2.26 bits per heavy atom. The average molecular weight is 331 g/mol. The van der Waals surface area contributed by atoms with Gasteiger partial charge in [-0.1, -0.05) is 23.5 Å². The molecule has 7 nitrogen and oxygen atoms in total. The Morgan fingerprint density at radius 1 is 1.17 bits per heavy atom. The number of fused-ring (bicyclic) bond motifs is 1. The summed E-state index contributed by atoms with van der Waals surface area (Å²) in [6.07, 6.45) is 7.33. The minimum Gasteiger partial charge on any atom is -0.272 e. The predicted octanol–water partition coefficient (Wildman–Crippen LogP) is 2.19. The van der Waals surface area contributed by atoms with E-state index in [4.69, 9.17) is 0 Å². The Balaban J connectivity index is 1.58. The molecule has 1 aromatic heterocycles. The van der Waals surface area contributed by atoms with E-state index < -0.39 is 4.92 Å². The van der Waals surface area contributed by atoms with E-state index in [0.29, 0.717) is 4.88 Å². The topological polar surface area (TPSA) is 92.9 Å². The molecule has 2 heterocycles. The molecule has 2 bridgehead atoms. The number of allylic oxidation sites excluding steroid dienone is 2. The van der Waals surface area contributed by atoms with Gasteiger partial charge in [0.25, 0.3) is 11.8 Å². The van der Waals surface area contributed by atoms with Crippen molar-refractivity contribution in [2.45, 2.75) is 12.8 Å². The summed E-state index contributed by atoms with van der Waals surface area (Å²) in [4.78, 5) is 35.8. The van der Waals surface area contributed by atoms with Crippen LogP contribution in [0.25, 0.3) is 0 Å². The van der Waals surface area contributed by atoms with Crippen LogP contribution in [0.5, 0.6) is 0 Å². The third-order valence-electron chi connectivity index (χ3n) is 4.83. The van der Waals surface area contributed by atoms with Gasteiger partial charge in [0, 0.05) is 6.07 Å². The summed E-state index contributed by atoms with van der Waals surface area (Å²) in [5.41, 5.74) is 0. The summed E-state index contributed by atoms with van der Waals surface area (Å²) in [7, 11) is 0. The third kappa shape index (κ3) is 2.13. The van der Waals surface area contributed by atoms with Crippen molar-refractivity contribution in [3.8, 4) is 0 Å². The molecule has 0 aromatic carbocycles. The molecule has 1 aliphatic heterocycles. The molecule has 1 saturated carbocycles. The summed E-state index contributed by atoms with van der Waals surface area (Å²) >= 11 is 0.956. The van der Waals surface area contributed by atoms with Crippen LogP contribution in [0.4, 0.5) is 5.00 Å². The monoisotopic (exact) mass is 331 g/mol. The molecule has 0 spiro atoms. The van der Waals surface area contributed by atoms with Crippen LogP contribution >= 0.6 is 11.3 Å². The second kappa shape index (κ2) is 5.09. The lowest BCUT2D eigenvalue weighted by molar-refractivity contribution is -0.380. The summed E-state index contributed by atoms with van der Waals surface area (Å²) in [5.74, 6) is -0.821. The maximum absolute atomic E-state index is 12.5. The first kappa shape index (κ1) is 14.3. The number of hydrogen-bond acceptors (Lipinski definition) is 6. The SMILES string of the molecule is O=C1[C@@H]2[C@@H](C(=O)N1/N=C\c1ccc([N+](=O)[O-])s1)[C@H]1C=C[C@H]2CC1. The fraction of sp³-hybridized carbons (Fsp3) is 0.400. The van der Waals surface area contributed by atoms with Crippen molar-refractivity contribution < 1.29 is 14.5 Å². The van der Waals surface area contributed by atoms with Crippen LogP contribution in [-0.2, 0) is 9.59 Å². The lowest BCUT2D eigenvalue weighted by Crippen LogP contribution is -2.38. The van der Waals surface area contributed by atoms with Crippen LogP contribution < -0.4 is 0 Å². The van der Waals surface area contributed by atoms with Crippen molar-refractivity contribution in [3.63, 3.8) is 0 Å². The van der Waals surface area contributed by atoms with Gasteiger partial charge >= 0.3 is 5.00 Å². The molecular formula is C15H13N3O4S. The van der Waals surface area contributed by atoms with Gasteiger partial charge in [-0.2, -0.15) is 10.1 Å². The summed E-state index contributed by atoms with van der Waals surface area (Å²) in [6.45, 7) is 0. The van der Waals surface area contributed by atoms with Crippen LogP contribution in [-0.4, -0.2) is 28.0 Å². The summed E-state index contributed by atoms with van der Waals surface area (Å²) in [6, 6.07) is 2.93. The second-order valence-corrected chi connectivity index (χ2v) is 7.10. The molecule has 0 N–H and O–H groups in total. The molecule has 1 aromatic rings. The largest absolute Gasteiger partial charge is 0.324 e. The molecule has 23 heavy (non-hydrogen) atoms. The van der Waals surface area contributed by atoms with E-state index in [2.05, 4.69) is 17.3 Å². The zero-order valence-corrected chi connectivity index (χ0v) is 12.8. The van der Waals surface area contributed by atoms with E-state index in [9.17, 15) is 19.7 Å². The number of rotatable bonds is 3. The van der Waals surface area contributed by atoms with Crippen molar-refractivity contribution >= 4 is 34.4 Å². The number of hydrogen-bond donors (Lipinski definition) is 0. The van der Waals surface area contributed by atoms with E-state index >= 15 is 0 Å². The number of nitro groups is 1. The maximum Gasteiger partial charge on any atom is 0.324 e. The Kier molecular flexibility index (Phi) is 3.15. The van der Waals surface area contributed by atoms with Crippen LogP contribution in [0.2, 0.25) is 0 Å². The molecule has 1 saturated heterocycles. The number of amides is 2. The first-order valence-electron chi connectivity index (χ1n) is 7.40. The van der Waals surface area contributed by atoms with Crippen molar-refractivity contribution in [3.05, 3.63) is 39.3 Å². The van der Waals surface area contributed by atoms with Crippen LogP contribution in [0, 0.1) is 33.8 Å². The molecule has 8 heteroatoms. The highest BCUT2D eigenvalue weighted by Gasteiger charge is 2.56. The molecule has 3 aliphatic carbocycles. The van der Waals surface area contributed by atoms with Gasteiger partial charge in [0.05, 0.1) is 27.9 Å². The van der Waals surface area contributed by atoms with E-state index in [1.54, 1.807) is 6.07 Å². The van der Waals surface area contributed by atoms with Crippen molar-refractivity contribution in [2.75, 3.05) is 0 Å². The first-order chi connectivity index (χ1) is 11.1. The molecule has 4 aliphatic rings. The first-order valence-corrected chi connectivity index (χ1v) is 8.22. The van der Waals surface area contributed by atoms with E-state index in [1.807, 2.05) is 0 Å². The summed E-state index contributed by atoms with van der Waals surface area (Å²) in [5, 5.41) is 15.7. The Bertz CT molecular complexity index is 737. The van der Waals surface area contributed by atoms with Crippen molar-refractivity contribution in [1.82, 2.24) is 5.01 Å². The second-order valence-electron chi connectivity index (χ2n) is 6.01. The number of nitrogens with zero attached hydrogens (tertiary/aromatic N) is 3. The van der Waals surface area contributed by atoms with E-state index in [1.165, 1.54) is 12.3 Å². The highest BCUT2D eigenvalue weighted by Crippen LogP contribution is 2.49. The minimum atomic E-state index is -0.480. The number of thiophene rings is 1. The number of carbonyl (C=O) groups is 2. The smallest absolute Gasteiger partial charge is 0.272 e. The zero-order valence-electron chi connectivity index (χ0n) is 12.0. The van der Waals surface area contributed by atoms with Crippen LogP contribution in [0.3, 0.4) is 0 Å². The van der Waals surface area contributed by atoms with E-state index in [0.717, 1.165) is 29.2 Å². The molecule has 118 valence electrons. The molecule has 0 unspecified atom stereocenters. The van der Waals surface area contributed by atoms with E-state index in [-0.39, 0.29) is 40.5 Å². The summed E-state index contributed by atoms with van der Waals surface area (Å²) < 4.78 is 0. The van der Waals surface area contributed by atoms with Gasteiger partial charge < -0.3 is 0 Å². The predicted molar refractivity (Wildman–Crippen MR) is 82.8 cm³/mol. The fourth-order valence-corrected chi connectivity index (χ4v) is 4.48. The number of hydrazone groups is 1. The molecule has 2 amide bonds. The van der Waals surface area contributed by atoms with Crippen LogP contribution in [0.15, 0.2) is 29.4 Å². The molecule has 2 fully saturated rings. The normalized spacial score (nSPS) is 32.1. The van der Waals surface area contributed by atoms with Crippen molar-refractivity contribution in [1.29, 1.82) is 0 Å².